The Morgan fingerprint density at radius 1 is 1.33 bits per heavy atom. The highest BCUT2D eigenvalue weighted by atomic mass is 79.9. The Hall–Kier alpha value is -0.890. The van der Waals surface area contributed by atoms with Gasteiger partial charge in [0.1, 0.15) is 9.96 Å². The van der Waals surface area contributed by atoms with Gasteiger partial charge in [-0.2, -0.15) is 0 Å². The molecule has 0 fully saturated rings. The van der Waals surface area contributed by atoms with E-state index < -0.39 is 10.0 Å². The van der Waals surface area contributed by atoms with Gasteiger partial charge >= 0.3 is 0 Å². The summed E-state index contributed by atoms with van der Waals surface area (Å²) in [6.45, 7) is 2.20. The minimum absolute atomic E-state index is 0.326. The van der Waals surface area contributed by atoms with E-state index in [2.05, 4.69) is 20.7 Å². The van der Waals surface area contributed by atoms with Gasteiger partial charge in [-0.05, 0) is 52.5 Å². The van der Waals surface area contributed by atoms with Crippen LogP contribution >= 0.6 is 27.3 Å². The van der Waals surface area contributed by atoms with E-state index in [0.29, 0.717) is 17.2 Å². The number of aryl methyl sites for hydroxylation is 1. The van der Waals surface area contributed by atoms with Crippen molar-refractivity contribution < 1.29 is 13.2 Å². The standard InChI is InChI=1S/C14H16BrNO3S2/c1-10-9-13(20-14(10)15)21(17,18)16-8-7-11-5-3-4-6-12(11)19-2/h3-6,9,16H,7-8H2,1-2H3. The molecular formula is C14H16BrNO3S2. The van der Waals surface area contributed by atoms with E-state index in [1.54, 1.807) is 13.2 Å². The summed E-state index contributed by atoms with van der Waals surface area (Å²) in [7, 11) is -1.85. The van der Waals surface area contributed by atoms with Crippen LogP contribution in [0.2, 0.25) is 0 Å². The van der Waals surface area contributed by atoms with Crippen LogP contribution in [0.4, 0.5) is 0 Å². The summed E-state index contributed by atoms with van der Waals surface area (Å²) in [4.78, 5) is 0. The largest absolute Gasteiger partial charge is 0.496 e. The van der Waals surface area contributed by atoms with Crippen LogP contribution in [-0.2, 0) is 16.4 Å². The van der Waals surface area contributed by atoms with Crippen LogP contribution in [0.3, 0.4) is 0 Å². The molecule has 0 aliphatic rings. The highest BCUT2D eigenvalue weighted by Gasteiger charge is 2.17. The lowest BCUT2D eigenvalue weighted by molar-refractivity contribution is 0.409. The second-order valence-corrected chi connectivity index (χ2v) is 8.85. The second kappa shape index (κ2) is 6.91. The fourth-order valence-electron chi connectivity index (χ4n) is 1.86. The molecule has 1 aromatic carbocycles. The topological polar surface area (TPSA) is 55.4 Å². The average Bonchev–Trinajstić information content (AvgIpc) is 2.80. The zero-order valence-electron chi connectivity index (χ0n) is 11.7. The van der Waals surface area contributed by atoms with Crippen molar-refractivity contribution in [2.24, 2.45) is 0 Å². The third-order valence-corrected chi connectivity index (χ3v) is 7.05. The van der Waals surface area contributed by atoms with Crippen molar-refractivity contribution in [2.45, 2.75) is 17.6 Å². The maximum Gasteiger partial charge on any atom is 0.250 e. The first-order valence-electron chi connectivity index (χ1n) is 6.31. The molecule has 0 saturated heterocycles. The molecule has 0 saturated carbocycles. The van der Waals surface area contributed by atoms with Crippen molar-refractivity contribution in [3.63, 3.8) is 0 Å². The summed E-state index contributed by atoms with van der Waals surface area (Å²) in [5.41, 5.74) is 1.90. The van der Waals surface area contributed by atoms with Gasteiger partial charge in [0.25, 0.3) is 0 Å². The number of sulfonamides is 1. The number of halogens is 1. The van der Waals surface area contributed by atoms with E-state index in [-0.39, 0.29) is 0 Å². The summed E-state index contributed by atoms with van der Waals surface area (Å²) < 4.78 is 33.4. The summed E-state index contributed by atoms with van der Waals surface area (Å²) in [5.74, 6) is 0.770. The quantitative estimate of drug-likeness (QED) is 0.823. The molecule has 21 heavy (non-hydrogen) atoms. The van der Waals surface area contributed by atoms with Crippen molar-refractivity contribution >= 4 is 37.3 Å². The highest BCUT2D eigenvalue weighted by Crippen LogP contribution is 2.30. The molecule has 0 aliphatic heterocycles. The minimum atomic E-state index is -3.45. The van der Waals surface area contributed by atoms with Crippen LogP contribution in [0.5, 0.6) is 5.75 Å². The third kappa shape index (κ3) is 4.06. The summed E-state index contributed by atoms with van der Waals surface area (Å²) in [5, 5.41) is 0. The summed E-state index contributed by atoms with van der Waals surface area (Å²) in [6.07, 6.45) is 0.578. The van der Waals surface area contributed by atoms with Gasteiger partial charge in [-0.15, -0.1) is 11.3 Å². The fourth-order valence-corrected chi connectivity index (χ4v) is 5.17. The van der Waals surface area contributed by atoms with Gasteiger partial charge in [-0.25, -0.2) is 13.1 Å². The molecule has 4 nitrogen and oxygen atoms in total. The smallest absolute Gasteiger partial charge is 0.250 e. The van der Waals surface area contributed by atoms with Crippen molar-refractivity contribution in [1.82, 2.24) is 4.72 Å². The molecule has 0 spiro atoms. The number of methoxy groups -OCH3 is 1. The maximum absolute atomic E-state index is 12.2. The lowest BCUT2D eigenvalue weighted by Crippen LogP contribution is -2.25. The van der Waals surface area contributed by atoms with Gasteiger partial charge in [0, 0.05) is 6.54 Å². The third-order valence-electron chi connectivity index (χ3n) is 2.98. The lowest BCUT2D eigenvalue weighted by Gasteiger charge is -2.08. The number of benzene rings is 1. The second-order valence-electron chi connectivity index (χ2n) is 4.48. The van der Waals surface area contributed by atoms with Crippen LogP contribution in [0, 0.1) is 6.92 Å². The predicted octanol–water partition coefficient (Wildman–Crippen LogP) is 3.35. The Morgan fingerprint density at radius 2 is 2.05 bits per heavy atom. The predicted molar refractivity (Wildman–Crippen MR) is 88.6 cm³/mol. The van der Waals surface area contributed by atoms with Crippen molar-refractivity contribution in [1.29, 1.82) is 0 Å². The van der Waals surface area contributed by atoms with Gasteiger partial charge in [0.2, 0.25) is 10.0 Å². The number of hydrogen-bond donors (Lipinski definition) is 1. The normalized spacial score (nSPS) is 11.6. The highest BCUT2D eigenvalue weighted by molar-refractivity contribution is 9.11. The Kier molecular flexibility index (Phi) is 5.43. The number of ether oxygens (including phenoxy) is 1. The van der Waals surface area contributed by atoms with Gasteiger partial charge in [-0.1, -0.05) is 18.2 Å². The molecule has 0 unspecified atom stereocenters. The average molecular weight is 390 g/mol. The first-order chi connectivity index (χ1) is 9.94. The van der Waals surface area contributed by atoms with Gasteiger partial charge < -0.3 is 4.74 Å². The van der Waals surface area contributed by atoms with Crippen LogP contribution < -0.4 is 9.46 Å². The van der Waals surface area contributed by atoms with Crippen LogP contribution in [0.25, 0.3) is 0 Å². The number of nitrogens with one attached hydrogen (secondary N) is 1. The molecule has 0 bridgehead atoms. The zero-order chi connectivity index (χ0) is 15.5. The fraction of sp³-hybridized carbons (Fsp3) is 0.286. The molecule has 1 N–H and O–H groups in total. The molecule has 0 atom stereocenters. The number of para-hydroxylation sites is 1. The van der Waals surface area contributed by atoms with Crippen molar-refractivity contribution in [2.75, 3.05) is 13.7 Å². The first kappa shape index (κ1) is 16.5. The van der Waals surface area contributed by atoms with Crippen LogP contribution in [0.15, 0.2) is 38.3 Å². The Balaban J connectivity index is 2.02. The monoisotopic (exact) mass is 389 g/mol. The molecule has 0 radical (unpaired) electrons. The van der Waals surface area contributed by atoms with E-state index in [0.717, 1.165) is 20.7 Å². The van der Waals surface area contributed by atoms with Crippen LogP contribution in [-0.4, -0.2) is 22.1 Å². The minimum Gasteiger partial charge on any atom is -0.496 e. The molecule has 1 heterocycles. The Morgan fingerprint density at radius 3 is 2.67 bits per heavy atom. The molecule has 2 aromatic rings. The molecule has 114 valence electrons. The van der Waals surface area contributed by atoms with Crippen LogP contribution in [0.1, 0.15) is 11.1 Å². The van der Waals surface area contributed by atoms with Crippen molar-refractivity contribution in [3.8, 4) is 5.75 Å². The van der Waals surface area contributed by atoms with Gasteiger partial charge in [-0.3, -0.25) is 0 Å². The summed E-state index contributed by atoms with van der Waals surface area (Å²) >= 11 is 4.56. The maximum atomic E-state index is 12.2. The van der Waals surface area contributed by atoms with Gasteiger partial charge in [0.05, 0.1) is 10.9 Å². The zero-order valence-corrected chi connectivity index (χ0v) is 14.9. The van der Waals surface area contributed by atoms with E-state index >= 15 is 0 Å². The SMILES string of the molecule is COc1ccccc1CCNS(=O)(=O)c1cc(C)c(Br)s1. The van der Waals surface area contributed by atoms with Crippen molar-refractivity contribution in [3.05, 3.63) is 45.2 Å². The van der Waals surface area contributed by atoms with Gasteiger partial charge in [0.15, 0.2) is 0 Å². The molecular weight excluding hydrogens is 374 g/mol. The number of thiophene rings is 1. The molecule has 7 heteroatoms. The van der Waals surface area contributed by atoms with E-state index in [1.807, 2.05) is 31.2 Å². The molecule has 2 rings (SSSR count). The molecule has 1 aromatic heterocycles. The van der Waals surface area contributed by atoms with E-state index in [4.69, 9.17) is 4.74 Å². The first-order valence-corrected chi connectivity index (χ1v) is 9.41. The molecule has 0 amide bonds. The summed E-state index contributed by atoms with van der Waals surface area (Å²) in [6, 6.07) is 9.26. The number of hydrogen-bond acceptors (Lipinski definition) is 4. The number of rotatable bonds is 6. The lowest BCUT2D eigenvalue weighted by atomic mass is 10.1. The molecule has 0 aliphatic carbocycles. The van der Waals surface area contributed by atoms with E-state index in [9.17, 15) is 8.42 Å². The van der Waals surface area contributed by atoms with E-state index in [1.165, 1.54) is 11.3 Å². The Bertz CT molecular complexity index is 706. The Labute approximate surface area is 137 Å².